The number of urea groups is 1. The van der Waals surface area contributed by atoms with E-state index in [0.29, 0.717) is 19.0 Å². The van der Waals surface area contributed by atoms with Gasteiger partial charge in [0.15, 0.2) is 0 Å². The summed E-state index contributed by atoms with van der Waals surface area (Å²) in [5.74, 6) is 0.743. The van der Waals surface area contributed by atoms with E-state index in [1.165, 1.54) is 19.2 Å². The Morgan fingerprint density at radius 1 is 1.14 bits per heavy atom. The number of carbonyl (C=O) groups is 1. The van der Waals surface area contributed by atoms with Gasteiger partial charge in [-0.3, -0.25) is 10.00 Å². The van der Waals surface area contributed by atoms with Crippen molar-refractivity contribution >= 4 is 11.8 Å². The van der Waals surface area contributed by atoms with Crippen LogP contribution in [0.5, 0.6) is 0 Å². The van der Waals surface area contributed by atoms with Crippen LogP contribution in [-0.2, 0) is 6.54 Å². The summed E-state index contributed by atoms with van der Waals surface area (Å²) >= 11 is 0. The van der Waals surface area contributed by atoms with Gasteiger partial charge in [0.05, 0.1) is 18.3 Å². The van der Waals surface area contributed by atoms with Crippen molar-refractivity contribution in [1.29, 1.82) is 0 Å². The molecule has 1 aliphatic rings. The molecule has 1 aromatic carbocycles. The van der Waals surface area contributed by atoms with Crippen molar-refractivity contribution in [3.63, 3.8) is 0 Å². The number of aryl methyl sites for hydroxylation is 1. The highest BCUT2D eigenvalue weighted by Gasteiger charge is 2.21. The van der Waals surface area contributed by atoms with Crippen molar-refractivity contribution in [2.24, 2.45) is 0 Å². The Bertz CT molecular complexity index is 869. The van der Waals surface area contributed by atoms with Gasteiger partial charge in [0, 0.05) is 12.6 Å². The molecule has 0 bridgehead atoms. The highest BCUT2D eigenvalue weighted by Crippen LogP contribution is 2.31. The maximum Gasteiger partial charge on any atom is 0.320 e. The van der Waals surface area contributed by atoms with E-state index in [4.69, 9.17) is 0 Å². The monoisotopic (exact) mass is 379 g/mol. The number of hydrogen-bond donors (Lipinski definition) is 2. The summed E-state index contributed by atoms with van der Waals surface area (Å²) in [6.45, 7) is 0.667. The topological polar surface area (TPSA) is 89.7 Å². The fourth-order valence-electron chi connectivity index (χ4n) is 3.78. The van der Waals surface area contributed by atoms with Gasteiger partial charge in [0.1, 0.15) is 18.5 Å². The Kier molecular flexibility index (Phi) is 5.65. The largest absolute Gasteiger partial charge is 0.331 e. The molecule has 1 atom stereocenters. The first-order valence-electron chi connectivity index (χ1n) is 9.78. The maximum absolute atomic E-state index is 12.7. The molecule has 0 aliphatic heterocycles. The molecule has 4 rings (SSSR count). The summed E-state index contributed by atoms with van der Waals surface area (Å²) in [5, 5.41) is 14.6. The summed E-state index contributed by atoms with van der Waals surface area (Å²) < 4.78 is 3.71. The minimum Gasteiger partial charge on any atom is -0.331 e. The second-order valence-electron chi connectivity index (χ2n) is 7.11. The van der Waals surface area contributed by atoms with Gasteiger partial charge >= 0.3 is 6.03 Å². The third-order valence-corrected chi connectivity index (χ3v) is 5.20. The Hall–Kier alpha value is -3.16. The molecule has 2 N–H and O–H groups in total. The highest BCUT2D eigenvalue weighted by atomic mass is 16.2. The van der Waals surface area contributed by atoms with Crippen LogP contribution in [0.15, 0.2) is 55.2 Å². The zero-order valence-electron chi connectivity index (χ0n) is 15.7. The van der Waals surface area contributed by atoms with Crippen LogP contribution in [0.1, 0.15) is 49.8 Å². The second-order valence-corrected chi connectivity index (χ2v) is 7.11. The Morgan fingerprint density at radius 2 is 1.96 bits per heavy atom. The molecular formula is C20H25N7O. The number of anilines is 1. The zero-order valence-corrected chi connectivity index (χ0v) is 15.7. The molecular weight excluding hydrogens is 354 g/mol. The SMILES string of the molecule is O=C(Nc1ccnn1C1CCCC1)NC(CCn1cncn1)c1ccccc1. The number of carbonyl (C=O) groups excluding carboxylic acids is 1. The minimum absolute atomic E-state index is 0.131. The number of nitrogens with one attached hydrogen (secondary N) is 2. The predicted molar refractivity (Wildman–Crippen MR) is 106 cm³/mol. The van der Waals surface area contributed by atoms with E-state index in [1.54, 1.807) is 17.2 Å². The Labute approximate surface area is 164 Å². The van der Waals surface area contributed by atoms with Gasteiger partial charge in [-0.05, 0) is 24.8 Å². The summed E-state index contributed by atoms with van der Waals surface area (Å²) in [4.78, 5) is 16.7. The molecule has 28 heavy (non-hydrogen) atoms. The molecule has 1 saturated carbocycles. The van der Waals surface area contributed by atoms with E-state index >= 15 is 0 Å². The van der Waals surface area contributed by atoms with E-state index in [-0.39, 0.29) is 12.1 Å². The van der Waals surface area contributed by atoms with E-state index in [0.717, 1.165) is 24.2 Å². The Balaban J connectivity index is 1.42. The van der Waals surface area contributed by atoms with Crippen LogP contribution in [0.2, 0.25) is 0 Å². The molecule has 2 heterocycles. The van der Waals surface area contributed by atoms with Crippen molar-refractivity contribution in [3.8, 4) is 0 Å². The molecule has 146 valence electrons. The van der Waals surface area contributed by atoms with E-state index in [9.17, 15) is 4.79 Å². The molecule has 0 saturated heterocycles. The van der Waals surface area contributed by atoms with Crippen LogP contribution >= 0.6 is 0 Å². The van der Waals surface area contributed by atoms with Crippen LogP contribution in [0, 0.1) is 0 Å². The van der Waals surface area contributed by atoms with Crippen LogP contribution < -0.4 is 10.6 Å². The molecule has 8 nitrogen and oxygen atoms in total. The van der Waals surface area contributed by atoms with Crippen molar-refractivity contribution in [3.05, 3.63) is 60.8 Å². The van der Waals surface area contributed by atoms with Crippen LogP contribution in [0.4, 0.5) is 10.6 Å². The average molecular weight is 379 g/mol. The normalized spacial score (nSPS) is 15.4. The molecule has 1 fully saturated rings. The Morgan fingerprint density at radius 3 is 2.71 bits per heavy atom. The first kappa shape index (κ1) is 18.2. The van der Waals surface area contributed by atoms with Crippen molar-refractivity contribution in [1.82, 2.24) is 29.9 Å². The summed E-state index contributed by atoms with van der Waals surface area (Å²) in [7, 11) is 0. The van der Waals surface area contributed by atoms with Gasteiger partial charge in [-0.1, -0.05) is 43.2 Å². The van der Waals surface area contributed by atoms with Crippen LogP contribution in [0.3, 0.4) is 0 Å². The van der Waals surface area contributed by atoms with Gasteiger partial charge in [0.2, 0.25) is 0 Å². The first-order chi connectivity index (χ1) is 13.8. The van der Waals surface area contributed by atoms with Gasteiger partial charge < -0.3 is 5.32 Å². The number of rotatable bonds is 7. The highest BCUT2D eigenvalue weighted by molar-refractivity contribution is 5.88. The lowest BCUT2D eigenvalue weighted by Gasteiger charge is -2.20. The lowest BCUT2D eigenvalue weighted by molar-refractivity contribution is 0.247. The molecule has 1 aliphatic carbocycles. The van der Waals surface area contributed by atoms with Gasteiger partial charge in [-0.25, -0.2) is 14.5 Å². The molecule has 1 unspecified atom stereocenters. The van der Waals surface area contributed by atoms with Gasteiger partial charge in [0.25, 0.3) is 0 Å². The standard InChI is InChI=1S/C20H25N7O/c28-20(25-19-10-12-22-27(19)17-8-4-5-9-17)24-18(16-6-2-1-3-7-16)11-13-26-15-21-14-23-26/h1-3,6-7,10,12,14-15,17-18H,4-5,8-9,11,13H2,(H2,24,25,28). The number of aromatic nitrogens is 5. The molecule has 8 heteroatoms. The molecule has 3 aromatic rings. The van der Waals surface area contributed by atoms with Crippen LogP contribution in [-0.4, -0.2) is 30.6 Å². The number of hydrogen-bond acceptors (Lipinski definition) is 4. The smallest absolute Gasteiger partial charge is 0.320 e. The second kappa shape index (κ2) is 8.69. The molecule has 0 spiro atoms. The molecule has 2 aromatic heterocycles. The number of benzene rings is 1. The minimum atomic E-state index is -0.229. The maximum atomic E-state index is 12.7. The predicted octanol–water partition coefficient (Wildman–Crippen LogP) is 3.54. The quantitative estimate of drug-likeness (QED) is 0.657. The summed E-state index contributed by atoms with van der Waals surface area (Å²) in [6, 6.07) is 11.8. The van der Waals surface area contributed by atoms with E-state index < -0.39 is 0 Å². The molecule has 2 amide bonds. The third kappa shape index (κ3) is 4.39. The average Bonchev–Trinajstić information content (AvgIpc) is 3.48. The van der Waals surface area contributed by atoms with Crippen molar-refractivity contribution in [2.45, 2.75) is 50.7 Å². The summed E-state index contributed by atoms with van der Waals surface area (Å²) in [6.07, 6.45) is 10.3. The third-order valence-electron chi connectivity index (χ3n) is 5.20. The van der Waals surface area contributed by atoms with Gasteiger partial charge in [-0.15, -0.1) is 0 Å². The van der Waals surface area contributed by atoms with E-state index in [1.807, 2.05) is 41.1 Å². The van der Waals surface area contributed by atoms with Gasteiger partial charge in [-0.2, -0.15) is 10.2 Å². The number of amides is 2. The number of nitrogens with zero attached hydrogens (tertiary/aromatic N) is 5. The molecule has 0 radical (unpaired) electrons. The zero-order chi connectivity index (χ0) is 19.2. The summed E-state index contributed by atoms with van der Waals surface area (Å²) in [5.41, 5.74) is 1.06. The fraction of sp³-hybridized carbons (Fsp3) is 0.400. The van der Waals surface area contributed by atoms with Crippen molar-refractivity contribution < 1.29 is 4.79 Å². The van der Waals surface area contributed by atoms with Crippen LogP contribution in [0.25, 0.3) is 0 Å². The lowest BCUT2D eigenvalue weighted by Crippen LogP contribution is -2.34. The van der Waals surface area contributed by atoms with Crippen molar-refractivity contribution in [2.75, 3.05) is 5.32 Å². The first-order valence-corrected chi connectivity index (χ1v) is 9.78. The fourth-order valence-corrected chi connectivity index (χ4v) is 3.78. The lowest BCUT2D eigenvalue weighted by atomic mass is 10.0. The van der Waals surface area contributed by atoms with E-state index in [2.05, 4.69) is 25.8 Å².